The lowest BCUT2D eigenvalue weighted by Crippen LogP contribution is -2.41. The van der Waals surface area contributed by atoms with Crippen LogP contribution in [0.5, 0.6) is 0 Å². The lowest BCUT2D eigenvalue weighted by Gasteiger charge is -2.26. The molecule has 0 radical (unpaired) electrons. The third kappa shape index (κ3) is 3.52. The summed E-state index contributed by atoms with van der Waals surface area (Å²) in [7, 11) is 0. The number of aryl methyl sites for hydroxylation is 1. The van der Waals surface area contributed by atoms with Gasteiger partial charge in [0.25, 0.3) is 0 Å². The first kappa shape index (κ1) is 21.0. The van der Waals surface area contributed by atoms with Gasteiger partial charge in [0.15, 0.2) is 18.2 Å². The van der Waals surface area contributed by atoms with Crippen LogP contribution in [0.4, 0.5) is 0 Å². The third-order valence-electron chi connectivity index (χ3n) is 7.17. The van der Waals surface area contributed by atoms with E-state index in [1.807, 2.05) is 48.8 Å². The molecule has 3 saturated heterocycles. The molecule has 9 heteroatoms. The van der Waals surface area contributed by atoms with Crippen molar-refractivity contribution in [2.45, 2.75) is 37.9 Å². The molecular weight excluding hydrogens is 460 g/mol. The summed E-state index contributed by atoms with van der Waals surface area (Å²) in [5, 5.41) is 4.35. The Morgan fingerprint density at radius 1 is 1.15 bits per heavy atom. The summed E-state index contributed by atoms with van der Waals surface area (Å²) >= 11 is 7.51. The summed E-state index contributed by atoms with van der Waals surface area (Å²) in [4.78, 5) is 31.7. The third-order valence-corrected chi connectivity index (χ3v) is 8.41. The highest BCUT2D eigenvalue weighted by Gasteiger charge is 2.63. The number of aromatic nitrogens is 2. The lowest BCUT2D eigenvalue weighted by molar-refractivity contribution is -0.697. The number of amides is 2. The molecule has 6 rings (SSSR count). The van der Waals surface area contributed by atoms with Crippen molar-refractivity contribution in [2.24, 2.45) is 11.8 Å². The number of thiophene rings is 1. The summed E-state index contributed by atoms with van der Waals surface area (Å²) in [5.41, 5.74) is 0.733. The van der Waals surface area contributed by atoms with Gasteiger partial charge >= 0.3 is 0 Å². The maximum absolute atomic E-state index is 13.5. The van der Waals surface area contributed by atoms with Gasteiger partial charge in [0, 0.05) is 37.2 Å². The minimum absolute atomic E-state index is 0.0174. The minimum atomic E-state index is -0.392. The molecule has 3 fully saturated rings. The Morgan fingerprint density at radius 3 is 2.76 bits per heavy atom. The molecule has 3 aromatic heterocycles. The van der Waals surface area contributed by atoms with E-state index in [4.69, 9.17) is 16.1 Å². The number of nitrogens with zero attached hydrogens (tertiary/aromatic N) is 4. The van der Waals surface area contributed by atoms with Crippen molar-refractivity contribution in [3.8, 4) is 10.6 Å². The van der Waals surface area contributed by atoms with Crippen LogP contribution in [0, 0.1) is 11.8 Å². The van der Waals surface area contributed by atoms with Crippen molar-refractivity contribution in [2.75, 3.05) is 13.1 Å². The van der Waals surface area contributed by atoms with E-state index in [1.165, 1.54) is 16.2 Å². The second-order valence-electron chi connectivity index (χ2n) is 8.96. The van der Waals surface area contributed by atoms with Gasteiger partial charge in [-0.2, -0.15) is 0 Å². The van der Waals surface area contributed by atoms with Crippen LogP contribution in [0.1, 0.15) is 31.0 Å². The van der Waals surface area contributed by atoms with Crippen LogP contribution in [-0.4, -0.2) is 45.9 Å². The van der Waals surface area contributed by atoms with Crippen LogP contribution in [0.25, 0.3) is 10.6 Å². The molecule has 2 amide bonds. The topological polar surface area (TPSA) is 70.5 Å². The fourth-order valence-corrected chi connectivity index (χ4v) is 6.81. The lowest BCUT2D eigenvalue weighted by atomic mass is 9.86. The number of hydrogen-bond acceptors (Lipinski definition) is 6. The summed E-state index contributed by atoms with van der Waals surface area (Å²) < 4.78 is 8.39. The van der Waals surface area contributed by atoms with Crippen molar-refractivity contribution < 1.29 is 18.7 Å². The number of carbonyl (C=O) groups is 2. The first-order chi connectivity index (χ1) is 16.1. The molecule has 33 heavy (non-hydrogen) atoms. The number of imide groups is 1. The van der Waals surface area contributed by atoms with E-state index in [0.29, 0.717) is 16.6 Å². The second kappa shape index (κ2) is 8.34. The Morgan fingerprint density at radius 2 is 1.97 bits per heavy atom. The molecule has 3 aliphatic heterocycles. The number of likely N-dealkylation sites (tertiary alicyclic amines) is 1. The Kier molecular flexibility index (Phi) is 5.31. The van der Waals surface area contributed by atoms with Gasteiger partial charge in [0.2, 0.25) is 11.8 Å². The average Bonchev–Trinajstić information content (AvgIpc) is 3.61. The molecule has 6 heterocycles. The van der Waals surface area contributed by atoms with E-state index in [1.54, 1.807) is 0 Å². The fourth-order valence-electron chi connectivity index (χ4n) is 5.82. The molecule has 0 N–H and O–H groups in total. The van der Waals surface area contributed by atoms with Crippen molar-refractivity contribution in [1.29, 1.82) is 0 Å². The zero-order valence-electron chi connectivity index (χ0n) is 18.0. The molecule has 170 valence electrons. The molecule has 0 spiro atoms. The van der Waals surface area contributed by atoms with Gasteiger partial charge in [0.05, 0.1) is 27.1 Å². The Labute approximate surface area is 200 Å². The number of fused-ring (bicyclic) bond motifs is 3. The molecular formula is C24H24ClN4O3S+. The number of rotatable bonds is 6. The largest absolute Gasteiger partial charge is 0.355 e. The predicted octanol–water partition coefficient (Wildman–Crippen LogP) is 3.55. The van der Waals surface area contributed by atoms with Crippen LogP contribution in [0.15, 0.2) is 53.3 Å². The molecule has 0 aromatic carbocycles. The zero-order valence-corrected chi connectivity index (χ0v) is 19.5. The van der Waals surface area contributed by atoms with E-state index in [-0.39, 0.29) is 29.8 Å². The first-order valence-electron chi connectivity index (χ1n) is 11.4. The van der Waals surface area contributed by atoms with Crippen molar-refractivity contribution in [3.05, 3.63) is 58.8 Å². The molecule has 0 saturated carbocycles. The van der Waals surface area contributed by atoms with Gasteiger partial charge in [-0.1, -0.05) is 22.8 Å². The van der Waals surface area contributed by atoms with Crippen molar-refractivity contribution in [1.82, 2.24) is 15.0 Å². The van der Waals surface area contributed by atoms with Crippen molar-refractivity contribution in [3.63, 3.8) is 0 Å². The van der Waals surface area contributed by atoms with Gasteiger partial charge in [-0.05, 0) is 31.5 Å². The summed E-state index contributed by atoms with van der Waals surface area (Å²) in [5.74, 6) is -0.111. The molecule has 0 aliphatic carbocycles. The predicted molar refractivity (Wildman–Crippen MR) is 122 cm³/mol. The van der Waals surface area contributed by atoms with Crippen LogP contribution < -0.4 is 4.57 Å². The normalized spacial score (nSPS) is 26.9. The second-order valence-corrected chi connectivity index (χ2v) is 10.7. The quantitative estimate of drug-likeness (QED) is 0.396. The average molecular weight is 484 g/mol. The molecule has 0 unspecified atom stereocenters. The highest BCUT2D eigenvalue weighted by molar-refractivity contribution is 7.19. The van der Waals surface area contributed by atoms with Gasteiger partial charge in [-0.25, -0.2) is 4.57 Å². The Hall–Kier alpha value is -2.55. The molecule has 0 bridgehead atoms. The van der Waals surface area contributed by atoms with E-state index >= 15 is 0 Å². The highest BCUT2D eigenvalue weighted by atomic mass is 35.5. The van der Waals surface area contributed by atoms with Crippen LogP contribution in [0.2, 0.25) is 4.34 Å². The van der Waals surface area contributed by atoms with E-state index < -0.39 is 5.92 Å². The molecule has 3 aromatic rings. The molecule has 3 aliphatic rings. The molecule has 4 atom stereocenters. The summed E-state index contributed by atoms with van der Waals surface area (Å²) in [6, 6.07) is 11.5. The fraction of sp³-hybridized carbons (Fsp3) is 0.417. The van der Waals surface area contributed by atoms with Crippen LogP contribution in [-0.2, 0) is 16.1 Å². The number of hydrogen-bond donors (Lipinski definition) is 0. The zero-order chi connectivity index (χ0) is 22.5. The van der Waals surface area contributed by atoms with Crippen molar-refractivity contribution >= 4 is 34.8 Å². The maximum atomic E-state index is 13.5. The Bertz CT molecular complexity index is 1200. The van der Waals surface area contributed by atoms with Crippen LogP contribution >= 0.6 is 22.9 Å². The van der Waals surface area contributed by atoms with Crippen LogP contribution in [0.3, 0.4) is 0 Å². The standard InChI is InChI=1S/C24H24ClN4O3S/c25-19-8-7-18(33-19)17-14-15(26-32-17)22-21-20(16-6-4-12-28(16)22)23(30)29(24(21)31)13-5-11-27-9-2-1-3-10-27/h1-3,7-10,14,16,20-22H,4-6,11-13H2/q+1/t16-,20-,21-,22-/m0/s1. The number of halogens is 1. The number of carbonyl (C=O) groups excluding carboxylic acids is 2. The maximum Gasteiger partial charge on any atom is 0.235 e. The summed E-state index contributed by atoms with van der Waals surface area (Å²) in [6.07, 6.45) is 6.70. The first-order valence-corrected chi connectivity index (χ1v) is 12.6. The Balaban J connectivity index is 1.24. The SMILES string of the molecule is O=C1[C@@H]2[C@H](C(=O)N1CCC[n+]1ccccc1)[C@H](c1cc(-c3ccc(Cl)s3)on1)N1CCC[C@@H]21. The van der Waals surface area contributed by atoms with E-state index in [9.17, 15) is 9.59 Å². The smallest absolute Gasteiger partial charge is 0.235 e. The summed E-state index contributed by atoms with van der Waals surface area (Å²) in [6.45, 7) is 2.09. The van der Waals surface area contributed by atoms with Gasteiger partial charge < -0.3 is 4.52 Å². The highest BCUT2D eigenvalue weighted by Crippen LogP contribution is 2.53. The molecule has 7 nitrogen and oxygen atoms in total. The van der Waals surface area contributed by atoms with E-state index in [2.05, 4.69) is 14.6 Å². The van der Waals surface area contributed by atoms with Gasteiger partial charge in [-0.15, -0.1) is 11.3 Å². The number of pyridine rings is 1. The van der Waals surface area contributed by atoms with E-state index in [0.717, 1.165) is 42.9 Å². The minimum Gasteiger partial charge on any atom is -0.355 e. The monoisotopic (exact) mass is 483 g/mol. The van der Waals surface area contributed by atoms with Gasteiger partial charge in [-0.3, -0.25) is 19.4 Å². The van der Waals surface area contributed by atoms with Gasteiger partial charge in [0.1, 0.15) is 12.2 Å².